The first-order chi connectivity index (χ1) is 17.8. The third-order valence-electron chi connectivity index (χ3n) is 5.71. The number of amides is 1. The van der Waals surface area contributed by atoms with Crippen molar-refractivity contribution in [2.45, 2.75) is 19.8 Å². The van der Waals surface area contributed by atoms with Crippen molar-refractivity contribution >= 4 is 63.2 Å². The Morgan fingerprint density at radius 3 is 2.54 bits per heavy atom. The number of hydrogen-bond acceptors (Lipinski definition) is 5. The van der Waals surface area contributed by atoms with Gasteiger partial charge in [-0.15, -0.1) is 0 Å². The van der Waals surface area contributed by atoms with Crippen LogP contribution in [0.2, 0.25) is 10.0 Å². The van der Waals surface area contributed by atoms with Crippen LogP contribution in [0, 0.1) is 0 Å². The number of anilines is 1. The van der Waals surface area contributed by atoms with Gasteiger partial charge in [0.1, 0.15) is 11.3 Å². The number of benzene rings is 3. The summed E-state index contributed by atoms with van der Waals surface area (Å²) in [6.45, 7) is 4.28. The lowest BCUT2D eigenvalue weighted by atomic mass is 10.0. The van der Waals surface area contributed by atoms with Crippen molar-refractivity contribution in [3.8, 4) is 22.8 Å². The van der Waals surface area contributed by atoms with Gasteiger partial charge in [-0.2, -0.15) is 0 Å². The first-order valence-corrected chi connectivity index (χ1v) is 12.6. The average molecular weight is 550 g/mol. The molecule has 5 rings (SSSR count). The van der Waals surface area contributed by atoms with Gasteiger partial charge in [0.15, 0.2) is 16.5 Å². The van der Waals surface area contributed by atoms with E-state index in [-0.39, 0.29) is 10.9 Å². The number of nitrogens with one attached hydrogen (secondary N) is 2. The van der Waals surface area contributed by atoms with Gasteiger partial charge in [-0.3, -0.25) is 10.1 Å². The molecule has 2 N–H and O–H groups in total. The first kappa shape index (κ1) is 25.0. The van der Waals surface area contributed by atoms with Crippen molar-refractivity contribution in [1.29, 1.82) is 0 Å². The monoisotopic (exact) mass is 549 g/mol. The summed E-state index contributed by atoms with van der Waals surface area (Å²) >= 11 is 17.4. The molecular weight excluding hydrogens is 529 g/mol. The largest absolute Gasteiger partial charge is 0.451 e. The van der Waals surface area contributed by atoms with Crippen molar-refractivity contribution in [2.75, 3.05) is 5.32 Å². The molecule has 0 saturated carbocycles. The molecule has 186 valence electrons. The van der Waals surface area contributed by atoms with E-state index in [4.69, 9.17) is 44.3 Å². The van der Waals surface area contributed by atoms with E-state index in [0.717, 1.165) is 16.7 Å². The van der Waals surface area contributed by atoms with E-state index >= 15 is 0 Å². The fraction of sp³-hybridized carbons (Fsp3) is 0.107. The molecule has 0 radical (unpaired) electrons. The minimum Gasteiger partial charge on any atom is -0.451 e. The van der Waals surface area contributed by atoms with Crippen LogP contribution in [0.4, 0.5) is 5.69 Å². The third kappa shape index (κ3) is 5.54. The number of carbonyl (C=O) groups is 1. The maximum Gasteiger partial charge on any atom is 0.293 e. The van der Waals surface area contributed by atoms with Gasteiger partial charge in [-0.05, 0) is 84.4 Å². The Hall–Kier alpha value is -3.65. The lowest BCUT2D eigenvalue weighted by Gasteiger charge is -2.09. The van der Waals surface area contributed by atoms with Crippen LogP contribution in [-0.2, 0) is 0 Å². The van der Waals surface area contributed by atoms with Crippen molar-refractivity contribution in [3.63, 3.8) is 0 Å². The highest BCUT2D eigenvalue weighted by molar-refractivity contribution is 7.80. The summed E-state index contributed by atoms with van der Waals surface area (Å²) < 4.78 is 11.6. The quantitative estimate of drug-likeness (QED) is 0.214. The van der Waals surface area contributed by atoms with Crippen LogP contribution < -0.4 is 10.6 Å². The normalized spacial score (nSPS) is 11.2. The zero-order chi connectivity index (χ0) is 26.1. The number of thiocarbonyl (C=S) groups is 1. The van der Waals surface area contributed by atoms with E-state index in [9.17, 15) is 4.79 Å². The molecule has 0 spiro atoms. The predicted octanol–water partition coefficient (Wildman–Crippen LogP) is 8.31. The fourth-order valence-corrected chi connectivity index (χ4v) is 4.26. The van der Waals surface area contributed by atoms with Gasteiger partial charge in [-0.25, -0.2) is 4.98 Å². The van der Waals surface area contributed by atoms with E-state index in [1.54, 1.807) is 30.3 Å². The Balaban J connectivity index is 1.27. The average Bonchev–Trinajstić information content (AvgIpc) is 3.53. The first-order valence-electron chi connectivity index (χ1n) is 11.5. The van der Waals surface area contributed by atoms with Crippen LogP contribution in [0.25, 0.3) is 33.9 Å². The Kier molecular flexibility index (Phi) is 7.02. The molecule has 3 aromatic carbocycles. The maximum absolute atomic E-state index is 12.7. The summed E-state index contributed by atoms with van der Waals surface area (Å²) in [7, 11) is 0. The van der Waals surface area contributed by atoms with Crippen molar-refractivity contribution < 1.29 is 13.6 Å². The highest BCUT2D eigenvalue weighted by Crippen LogP contribution is 2.30. The molecule has 0 fully saturated rings. The number of oxazole rings is 1. The van der Waals surface area contributed by atoms with Crippen molar-refractivity contribution in [3.05, 3.63) is 94.2 Å². The van der Waals surface area contributed by atoms with Crippen LogP contribution in [-0.4, -0.2) is 16.0 Å². The van der Waals surface area contributed by atoms with Gasteiger partial charge in [0.25, 0.3) is 5.91 Å². The number of halogens is 2. The smallest absolute Gasteiger partial charge is 0.293 e. The van der Waals surface area contributed by atoms with E-state index in [2.05, 4.69) is 29.5 Å². The van der Waals surface area contributed by atoms with Gasteiger partial charge >= 0.3 is 0 Å². The summed E-state index contributed by atoms with van der Waals surface area (Å²) in [6.07, 6.45) is 0. The standard InChI is InChI=1S/C28H21Cl2N3O3S/c1-15(2)16-7-9-24-22(14-16)32-27(36-24)18-4-3-5-19(12-18)31-28(37)33-26(34)25-11-10-23(35-25)17-6-8-20(29)21(30)13-17/h3-15H,1-2H3,(H2,31,33,34,37). The second-order valence-corrected chi connectivity index (χ2v) is 9.91. The second-order valence-electron chi connectivity index (χ2n) is 8.68. The molecule has 2 aromatic heterocycles. The molecule has 0 unspecified atom stereocenters. The molecule has 5 aromatic rings. The summed E-state index contributed by atoms with van der Waals surface area (Å²) in [6, 6.07) is 21.8. The molecule has 37 heavy (non-hydrogen) atoms. The number of nitrogens with zero attached hydrogens (tertiary/aromatic N) is 1. The second kappa shape index (κ2) is 10.4. The van der Waals surface area contributed by atoms with E-state index in [1.807, 2.05) is 42.5 Å². The predicted molar refractivity (Wildman–Crippen MR) is 151 cm³/mol. The number of hydrogen-bond donors (Lipinski definition) is 2. The highest BCUT2D eigenvalue weighted by atomic mass is 35.5. The molecule has 9 heteroatoms. The molecular formula is C28H21Cl2N3O3S. The van der Waals surface area contributed by atoms with Gasteiger partial charge in [0.05, 0.1) is 10.0 Å². The molecule has 0 bridgehead atoms. The topological polar surface area (TPSA) is 80.3 Å². The SMILES string of the molecule is CC(C)c1ccc2oc(-c3cccc(NC(=S)NC(=O)c4ccc(-c5ccc(Cl)c(Cl)c5)o4)c3)nc2c1. The summed E-state index contributed by atoms with van der Waals surface area (Å²) in [5.74, 6) is 0.997. The fourth-order valence-electron chi connectivity index (χ4n) is 3.75. The molecule has 6 nitrogen and oxygen atoms in total. The lowest BCUT2D eigenvalue weighted by Crippen LogP contribution is -2.33. The van der Waals surface area contributed by atoms with E-state index < -0.39 is 5.91 Å². The zero-order valence-corrected chi connectivity index (χ0v) is 22.2. The molecule has 0 saturated heterocycles. The van der Waals surface area contributed by atoms with Crippen molar-refractivity contribution in [2.24, 2.45) is 0 Å². The number of carbonyl (C=O) groups excluding carboxylic acids is 1. The molecule has 0 atom stereocenters. The van der Waals surface area contributed by atoms with Gasteiger partial charge < -0.3 is 14.2 Å². The van der Waals surface area contributed by atoms with Crippen molar-refractivity contribution in [1.82, 2.24) is 10.3 Å². The van der Waals surface area contributed by atoms with Gasteiger partial charge in [0, 0.05) is 16.8 Å². The molecule has 0 aliphatic carbocycles. The lowest BCUT2D eigenvalue weighted by molar-refractivity contribution is 0.0951. The Labute approximate surface area is 228 Å². The molecule has 0 aliphatic heterocycles. The number of fused-ring (bicyclic) bond motifs is 1. The van der Waals surface area contributed by atoms with Crippen LogP contribution >= 0.6 is 35.4 Å². The zero-order valence-electron chi connectivity index (χ0n) is 19.8. The number of furan rings is 1. The number of rotatable bonds is 5. The van der Waals surface area contributed by atoms with Crippen LogP contribution in [0.3, 0.4) is 0 Å². The third-order valence-corrected chi connectivity index (χ3v) is 6.65. The minimum absolute atomic E-state index is 0.103. The number of aromatic nitrogens is 1. The van der Waals surface area contributed by atoms with Gasteiger partial charge in [0.2, 0.25) is 5.89 Å². The summed E-state index contributed by atoms with van der Waals surface area (Å²) in [5, 5.41) is 6.60. The van der Waals surface area contributed by atoms with Gasteiger partial charge in [-0.1, -0.05) is 49.2 Å². The Morgan fingerprint density at radius 1 is 0.919 bits per heavy atom. The minimum atomic E-state index is -0.486. The molecule has 2 heterocycles. The Morgan fingerprint density at radius 2 is 1.76 bits per heavy atom. The highest BCUT2D eigenvalue weighted by Gasteiger charge is 2.15. The Bertz CT molecular complexity index is 1640. The maximum atomic E-state index is 12.7. The van der Waals surface area contributed by atoms with Crippen LogP contribution in [0.5, 0.6) is 0 Å². The molecule has 0 aliphatic rings. The van der Waals surface area contributed by atoms with E-state index in [1.165, 1.54) is 5.56 Å². The van der Waals surface area contributed by atoms with Crippen LogP contribution in [0.15, 0.2) is 81.6 Å². The van der Waals surface area contributed by atoms with Crippen LogP contribution in [0.1, 0.15) is 35.9 Å². The summed E-state index contributed by atoms with van der Waals surface area (Å²) in [4.78, 5) is 17.3. The molecule has 1 amide bonds. The van der Waals surface area contributed by atoms with E-state index in [0.29, 0.717) is 38.9 Å². The summed E-state index contributed by atoms with van der Waals surface area (Å²) in [5.41, 5.74) is 4.87.